The summed E-state index contributed by atoms with van der Waals surface area (Å²) in [5, 5.41) is 7.31. The molecule has 11 heavy (non-hydrogen) atoms. The Morgan fingerprint density at radius 1 is 1.64 bits per heavy atom. The van der Waals surface area contributed by atoms with E-state index in [4.69, 9.17) is 17.0 Å². The van der Waals surface area contributed by atoms with E-state index in [1.54, 1.807) is 0 Å². The summed E-state index contributed by atoms with van der Waals surface area (Å²) in [4.78, 5) is 8.94. The van der Waals surface area contributed by atoms with Crippen LogP contribution in [0, 0.1) is 5.41 Å². The number of unbranched alkanes of at least 4 members (excludes halogenated alkanes) is 1. The Bertz CT molecular complexity index is 119. The second kappa shape index (κ2) is 5.90. The van der Waals surface area contributed by atoms with Crippen molar-refractivity contribution in [3.8, 4) is 0 Å². The van der Waals surface area contributed by atoms with E-state index in [-0.39, 0.29) is 0 Å². The summed E-state index contributed by atoms with van der Waals surface area (Å²) in [6.45, 7) is 2.46. The van der Waals surface area contributed by atoms with Gasteiger partial charge in [0.05, 0.1) is 6.61 Å². The van der Waals surface area contributed by atoms with Crippen LogP contribution >= 0.6 is 0 Å². The van der Waals surface area contributed by atoms with E-state index in [0.29, 0.717) is 11.8 Å². The summed E-state index contributed by atoms with van der Waals surface area (Å²) >= 11 is 0. The van der Waals surface area contributed by atoms with Gasteiger partial charge in [-0.25, -0.2) is 10.7 Å². The Morgan fingerprint density at radius 3 is 2.73 bits per heavy atom. The molecule has 66 valence electrons. The smallest absolute Gasteiger partial charge is 0.231 e. The molecular formula is C5H14N4O2. The van der Waals surface area contributed by atoms with Gasteiger partial charge in [-0.2, -0.15) is 0 Å². The van der Waals surface area contributed by atoms with Gasteiger partial charge in [-0.15, -0.1) is 5.17 Å². The molecule has 0 spiro atoms. The number of hydroxylamine groups is 1. The summed E-state index contributed by atoms with van der Waals surface area (Å²) < 4.78 is 0. The van der Waals surface area contributed by atoms with Crippen molar-refractivity contribution in [3.63, 3.8) is 0 Å². The lowest BCUT2D eigenvalue weighted by Crippen LogP contribution is -2.41. The molecule has 0 rings (SSSR count). The number of nitrogens with zero attached hydrogens (tertiary/aromatic N) is 1. The standard InChI is InChI=1S/C5H14N4O2/c1-2-3-4-10-11-9(8)5(6)7/h2-4,8H2,1H3,(H3,6,7). The summed E-state index contributed by atoms with van der Waals surface area (Å²) in [6, 6.07) is 0. The third-order valence-electron chi connectivity index (χ3n) is 0.952. The topological polar surface area (TPSA) is 97.6 Å². The van der Waals surface area contributed by atoms with Gasteiger partial charge in [0, 0.05) is 0 Å². The SMILES string of the molecule is CCCCOON(N)C(=N)N. The Morgan fingerprint density at radius 2 is 2.27 bits per heavy atom. The van der Waals surface area contributed by atoms with Crippen molar-refractivity contribution in [1.82, 2.24) is 5.17 Å². The van der Waals surface area contributed by atoms with E-state index in [1.807, 2.05) is 6.92 Å². The van der Waals surface area contributed by atoms with Gasteiger partial charge < -0.3 is 5.73 Å². The fraction of sp³-hybridized carbons (Fsp3) is 0.800. The molecule has 0 aromatic carbocycles. The molecule has 0 aliphatic carbocycles. The quantitative estimate of drug-likeness (QED) is 0.129. The Balaban J connectivity index is 3.17. The molecule has 0 saturated carbocycles. The summed E-state index contributed by atoms with van der Waals surface area (Å²) in [7, 11) is 0. The maximum atomic E-state index is 6.75. The minimum Gasteiger partial charge on any atom is -0.367 e. The number of hydrazine groups is 1. The first-order valence-electron chi connectivity index (χ1n) is 3.37. The van der Waals surface area contributed by atoms with Crippen molar-refractivity contribution >= 4 is 5.96 Å². The molecule has 0 atom stereocenters. The van der Waals surface area contributed by atoms with Crippen molar-refractivity contribution in [2.24, 2.45) is 11.6 Å². The fourth-order valence-electron chi connectivity index (χ4n) is 0.337. The molecule has 0 bridgehead atoms. The zero-order valence-electron chi connectivity index (χ0n) is 6.54. The molecule has 0 aromatic heterocycles. The number of rotatable bonds is 5. The number of hydrogen-bond donors (Lipinski definition) is 3. The second-order valence-corrected chi connectivity index (χ2v) is 1.96. The maximum Gasteiger partial charge on any atom is 0.231 e. The van der Waals surface area contributed by atoms with E-state index < -0.39 is 5.96 Å². The first-order valence-corrected chi connectivity index (χ1v) is 3.37. The van der Waals surface area contributed by atoms with Gasteiger partial charge in [0.15, 0.2) is 0 Å². The molecule has 0 fully saturated rings. The Labute approximate surface area is 65.4 Å². The highest BCUT2D eigenvalue weighted by atomic mass is 17.3. The third kappa shape index (κ3) is 5.59. The monoisotopic (exact) mass is 162 g/mol. The normalized spacial score (nSPS) is 9.64. The van der Waals surface area contributed by atoms with Gasteiger partial charge in [-0.1, -0.05) is 18.3 Å². The molecule has 0 radical (unpaired) electrons. The lowest BCUT2D eigenvalue weighted by molar-refractivity contribution is -0.404. The predicted octanol–water partition coefficient (Wildman–Crippen LogP) is -0.281. The second-order valence-electron chi connectivity index (χ2n) is 1.96. The molecule has 0 amide bonds. The van der Waals surface area contributed by atoms with Crippen LogP contribution in [0.5, 0.6) is 0 Å². The van der Waals surface area contributed by atoms with Crippen LogP contribution in [-0.4, -0.2) is 17.7 Å². The highest BCUT2D eigenvalue weighted by molar-refractivity contribution is 5.72. The van der Waals surface area contributed by atoms with Crippen molar-refractivity contribution < 1.29 is 9.88 Å². The van der Waals surface area contributed by atoms with Crippen LogP contribution in [0.25, 0.3) is 0 Å². The fourth-order valence-corrected chi connectivity index (χ4v) is 0.337. The lowest BCUT2D eigenvalue weighted by Gasteiger charge is -2.12. The number of guanidine groups is 1. The molecular weight excluding hydrogens is 148 g/mol. The van der Waals surface area contributed by atoms with Crippen molar-refractivity contribution in [2.45, 2.75) is 19.8 Å². The number of nitrogens with two attached hydrogens (primary N) is 2. The van der Waals surface area contributed by atoms with E-state index in [9.17, 15) is 0 Å². The summed E-state index contributed by atoms with van der Waals surface area (Å²) in [5.41, 5.74) is 4.93. The minimum atomic E-state index is -0.401. The highest BCUT2D eigenvalue weighted by Crippen LogP contribution is 1.89. The van der Waals surface area contributed by atoms with Gasteiger partial charge in [0.2, 0.25) is 5.96 Å². The minimum absolute atomic E-state index is 0.401. The molecule has 0 saturated heterocycles. The van der Waals surface area contributed by atoms with Gasteiger partial charge in [0.1, 0.15) is 0 Å². The van der Waals surface area contributed by atoms with Crippen LogP contribution in [0.15, 0.2) is 0 Å². The maximum absolute atomic E-state index is 6.75. The van der Waals surface area contributed by atoms with Gasteiger partial charge in [-0.3, -0.25) is 5.41 Å². The van der Waals surface area contributed by atoms with Crippen LogP contribution in [0.2, 0.25) is 0 Å². The molecule has 0 unspecified atom stereocenters. The van der Waals surface area contributed by atoms with Crippen LogP contribution < -0.4 is 11.6 Å². The first-order chi connectivity index (χ1) is 5.18. The average molecular weight is 162 g/mol. The van der Waals surface area contributed by atoms with Gasteiger partial charge in [0.25, 0.3) is 0 Å². The van der Waals surface area contributed by atoms with Gasteiger partial charge >= 0.3 is 0 Å². The van der Waals surface area contributed by atoms with Gasteiger partial charge in [-0.05, 0) is 6.42 Å². The molecule has 0 aliphatic rings. The molecule has 0 aromatic rings. The van der Waals surface area contributed by atoms with Crippen molar-refractivity contribution in [2.75, 3.05) is 6.61 Å². The summed E-state index contributed by atoms with van der Waals surface area (Å²) in [6.07, 6.45) is 1.89. The highest BCUT2D eigenvalue weighted by Gasteiger charge is 1.99. The molecule has 5 N–H and O–H groups in total. The number of hydrogen-bond acceptors (Lipinski definition) is 4. The zero-order valence-corrected chi connectivity index (χ0v) is 6.54. The van der Waals surface area contributed by atoms with Crippen molar-refractivity contribution in [1.29, 1.82) is 5.41 Å². The molecule has 6 nitrogen and oxygen atoms in total. The lowest BCUT2D eigenvalue weighted by atomic mass is 10.4. The van der Waals surface area contributed by atoms with E-state index in [2.05, 4.69) is 9.88 Å². The first kappa shape index (κ1) is 10.2. The third-order valence-corrected chi connectivity index (χ3v) is 0.952. The number of nitrogens with one attached hydrogen (secondary N) is 1. The Kier molecular flexibility index (Phi) is 5.44. The molecule has 0 heterocycles. The van der Waals surface area contributed by atoms with Crippen molar-refractivity contribution in [3.05, 3.63) is 0 Å². The molecule has 0 aliphatic heterocycles. The molecule has 6 heteroatoms. The van der Waals surface area contributed by atoms with E-state index in [0.717, 1.165) is 12.8 Å². The van der Waals surface area contributed by atoms with Crippen LogP contribution in [0.3, 0.4) is 0 Å². The summed E-state index contributed by atoms with van der Waals surface area (Å²) in [5.74, 6) is 4.63. The van der Waals surface area contributed by atoms with Crippen LogP contribution in [-0.2, 0) is 9.88 Å². The predicted molar refractivity (Wildman–Crippen MR) is 39.9 cm³/mol. The Hall–Kier alpha value is -0.850. The van der Waals surface area contributed by atoms with E-state index in [1.165, 1.54) is 0 Å². The van der Waals surface area contributed by atoms with Crippen LogP contribution in [0.4, 0.5) is 0 Å². The van der Waals surface area contributed by atoms with Crippen LogP contribution in [0.1, 0.15) is 19.8 Å². The zero-order chi connectivity index (χ0) is 8.69. The van der Waals surface area contributed by atoms with E-state index >= 15 is 0 Å². The average Bonchev–Trinajstić information content (AvgIpc) is 1.97. The largest absolute Gasteiger partial charge is 0.367 e.